The second kappa shape index (κ2) is 10.7. The minimum atomic E-state index is -3.51. The van der Waals surface area contributed by atoms with Crippen LogP contribution < -0.4 is 0 Å². The Labute approximate surface area is 194 Å². The standard InChI is InChI=1S/C23H27N7O2S/c24-19-20-9-11-22(12-10-20)33(31,32)29-17-15-28(16-18-29)13-5-2-6-14-30-26-23(25-27-30)21-7-3-1-4-8-21/h1,3-4,7-12H,2,5-6,13-18H2. The normalized spacial score (nSPS) is 15.4. The van der Waals surface area contributed by atoms with Crippen LogP contribution in [0.25, 0.3) is 11.4 Å². The molecule has 33 heavy (non-hydrogen) atoms. The highest BCUT2D eigenvalue weighted by molar-refractivity contribution is 7.89. The highest BCUT2D eigenvalue weighted by Crippen LogP contribution is 2.18. The first-order valence-corrected chi connectivity index (χ1v) is 12.6. The van der Waals surface area contributed by atoms with Crippen LogP contribution in [0.4, 0.5) is 0 Å². The van der Waals surface area contributed by atoms with Crippen molar-refractivity contribution in [1.82, 2.24) is 29.4 Å². The first-order chi connectivity index (χ1) is 16.1. The van der Waals surface area contributed by atoms with Crippen LogP contribution in [-0.4, -0.2) is 70.6 Å². The van der Waals surface area contributed by atoms with Crippen LogP contribution >= 0.6 is 0 Å². The van der Waals surface area contributed by atoms with E-state index in [0.29, 0.717) is 24.5 Å². The molecule has 1 aromatic heterocycles. The third-order valence-corrected chi connectivity index (χ3v) is 7.68. The number of benzene rings is 2. The number of piperazine rings is 1. The zero-order valence-electron chi connectivity index (χ0n) is 18.4. The average Bonchev–Trinajstić information content (AvgIpc) is 3.34. The molecule has 172 valence electrons. The Balaban J connectivity index is 1.16. The highest BCUT2D eigenvalue weighted by Gasteiger charge is 2.28. The van der Waals surface area contributed by atoms with Gasteiger partial charge in [-0.3, -0.25) is 0 Å². The zero-order valence-corrected chi connectivity index (χ0v) is 19.2. The fourth-order valence-corrected chi connectivity index (χ4v) is 5.27. The lowest BCUT2D eigenvalue weighted by atomic mass is 10.2. The van der Waals surface area contributed by atoms with Gasteiger partial charge in [-0.25, -0.2) is 8.42 Å². The molecule has 0 N–H and O–H groups in total. The zero-order chi connectivity index (χ0) is 23.1. The molecular weight excluding hydrogens is 438 g/mol. The van der Waals surface area contributed by atoms with Crippen LogP contribution in [-0.2, 0) is 16.6 Å². The highest BCUT2D eigenvalue weighted by atomic mass is 32.2. The summed E-state index contributed by atoms with van der Waals surface area (Å²) in [6, 6.07) is 17.9. The van der Waals surface area contributed by atoms with E-state index in [0.717, 1.165) is 51.0 Å². The SMILES string of the molecule is N#Cc1ccc(S(=O)(=O)N2CCN(CCCCCn3nnc(-c4ccccc4)n3)CC2)cc1. The van der Waals surface area contributed by atoms with Crippen LogP contribution in [0.15, 0.2) is 59.5 Å². The summed E-state index contributed by atoms with van der Waals surface area (Å²) in [5.74, 6) is 0.643. The number of aryl methyl sites for hydroxylation is 1. The quantitative estimate of drug-likeness (QED) is 0.447. The van der Waals surface area contributed by atoms with Gasteiger partial charge in [0.05, 0.1) is 23.1 Å². The Bertz CT molecular complexity index is 1180. The molecule has 0 saturated carbocycles. The predicted octanol–water partition coefficient (Wildman–Crippen LogP) is 2.39. The van der Waals surface area contributed by atoms with Crippen molar-refractivity contribution in [2.45, 2.75) is 30.7 Å². The van der Waals surface area contributed by atoms with E-state index in [2.05, 4.69) is 20.3 Å². The Morgan fingerprint density at radius 2 is 1.58 bits per heavy atom. The fraction of sp³-hybridized carbons (Fsp3) is 0.391. The van der Waals surface area contributed by atoms with E-state index in [9.17, 15) is 8.42 Å². The number of hydrogen-bond acceptors (Lipinski definition) is 7. The van der Waals surface area contributed by atoms with Crippen LogP contribution in [0.3, 0.4) is 0 Å². The number of hydrogen-bond donors (Lipinski definition) is 0. The fourth-order valence-electron chi connectivity index (χ4n) is 3.85. The van der Waals surface area contributed by atoms with E-state index in [1.54, 1.807) is 16.9 Å². The van der Waals surface area contributed by atoms with E-state index in [1.807, 2.05) is 36.4 Å². The molecule has 1 saturated heterocycles. The minimum absolute atomic E-state index is 0.243. The minimum Gasteiger partial charge on any atom is -0.301 e. The molecule has 0 radical (unpaired) electrons. The lowest BCUT2D eigenvalue weighted by molar-refractivity contribution is 0.185. The topological polar surface area (TPSA) is 108 Å². The number of nitrogens with zero attached hydrogens (tertiary/aromatic N) is 7. The lowest BCUT2D eigenvalue weighted by Crippen LogP contribution is -2.48. The second-order valence-electron chi connectivity index (χ2n) is 8.02. The Morgan fingerprint density at radius 3 is 2.27 bits per heavy atom. The van der Waals surface area contributed by atoms with Crippen LogP contribution in [0.2, 0.25) is 0 Å². The number of rotatable bonds is 9. The summed E-state index contributed by atoms with van der Waals surface area (Å²) in [6.45, 7) is 4.09. The van der Waals surface area contributed by atoms with E-state index < -0.39 is 10.0 Å². The summed E-state index contributed by atoms with van der Waals surface area (Å²) in [5.41, 5.74) is 1.42. The van der Waals surface area contributed by atoms with Crippen molar-refractivity contribution in [3.63, 3.8) is 0 Å². The maximum atomic E-state index is 12.8. The number of unbranched alkanes of at least 4 members (excludes halogenated alkanes) is 2. The monoisotopic (exact) mass is 465 g/mol. The molecule has 4 rings (SSSR count). The number of sulfonamides is 1. The van der Waals surface area contributed by atoms with Gasteiger partial charge in [-0.1, -0.05) is 36.8 Å². The van der Waals surface area contributed by atoms with Crippen molar-refractivity contribution in [2.24, 2.45) is 0 Å². The van der Waals surface area contributed by atoms with Gasteiger partial charge in [-0.05, 0) is 48.9 Å². The van der Waals surface area contributed by atoms with Crippen LogP contribution in [0, 0.1) is 11.3 Å². The molecule has 0 amide bonds. The van der Waals surface area contributed by atoms with Gasteiger partial charge < -0.3 is 4.90 Å². The average molecular weight is 466 g/mol. The Hall–Kier alpha value is -3.13. The van der Waals surface area contributed by atoms with Crippen LogP contribution in [0.1, 0.15) is 24.8 Å². The number of aromatic nitrogens is 4. The van der Waals surface area contributed by atoms with Crippen molar-refractivity contribution < 1.29 is 8.42 Å². The van der Waals surface area contributed by atoms with Crippen molar-refractivity contribution in [3.05, 3.63) is 60.2 Å². The van der Waals surface area contributed by atoms with Gasteiger partial charge >= 0.3 is 0 Å². The van der Waals surface area contributed by atoms with Crippen molar-refractivity contribution >= 4 is 10.0 Å². The largest absolute Gasteiger partial charge is 0.301 e. The molecule has 9 nitrogen and oxygen atoms in total. The Morgan fingerprint density at radius 1 is 0.879 bits per heavy atom. The van der Waals surface area contributed by atoms with Crippen molar-refractivity contribution in [1.29, 1.82) is 5.26 Å². The molecule has 0 aliphatic carbocycles. The summed E-state index contributed by atoms with van der Waals surface area (Å²) >= 11 is 0. The van der Waals surface area contributed by atoms with Crippen LogP contribution in [0.5, 0.6) is 0 Å². The summed E-state index contributed by atoms with van der Waals surface area (Å²) in [4.78, 5) is 4.20. The van der Waals surface area contributed by atoms with Gasteiger partial charge in [0.15, 0.2) is 0 Å². The molecule has 2 heterocycles. The molecule has 0 spiro atoms. The molecule has 1 aliphatic heterocycles. The van der Waals surface area contributed by atoms with E-state index in [1.165, 1.54) is 16.4 Å². The van der Waals surface area contributed by atoms with Gasteiger partial charge in [0.25, 0.3) is 0 Å². The second-order valence-corrected chi connectivity index (χ2v) is 9.96. The summed E-state index contributed by atoms with van der Waals surface area (Å²) in [7, 11) is -3.51. The summed E-state index contributed by atoms with van der Waals surface area (Å²) < 4.78 is 27.2. The Kier molecular flexibility index (Phi) is 7.44. The molecule has 10 heteroatoms. The van der Waals surface area contributed by atoms with E-state index in [-0.39, 0.29) is 4.90 Å². The van der Waals surface area contributed by atoms with Gasteiger partial charge in [-0.15, -0.1) is 10.2 Å². The van der Waals surface area contributed by atoms with E-state index >= 15 is 0 Å². The van der Waals surface area contributed by atoms with E-state index in [4.69, 9.17) is 5.26 Å². The summed E-state index contributed by atoms with van der Waals surface area (Å²) in [5, 5.41) is 21.6. The molecule has 1 aliphatic rings. The smallest absolute Gasteiger partial charge is 0.243 e. The molecule has 0 atom stereocenters. The van der Waals surface area contributed by atoms with Crippen molar-refractivity contribution in [2.75, 3.05) is 32.7 Å². The van der Waals surface area contributed by atoms with Gasteiger partial charge in [0.2, 0.25) is 15.8 Å². The third-order valence-electron chi connectivity index (χ3n) is 5.77. The lowest BCUT2D eigenvalue weighted by Gasteiger charge is -2.34. The summed E-state index contributed by atoms with van der Waals surface area (Å²) in [6.07, 6.45) is 3.06. The van der Waals surface area contributed by atoms with Gasteiger partial charge in [-0.2, -0.15) is 14.4 Å². The van der Waals surface area contributed by atoms with Gasteiger partial charge in [0.1, 0.15) is 0 Å². The number of nitriles is 1. The third kappa shape index (κ3) is 5.82. The molecule has 1 fully saturated rings. The first-order valence-electron chi connectivity index (χ1n) is 11.1. The predicted molar refractivity (Wildman–Crippen MR) is 123 cm³/mol. The number of tetrazole rings is 1. The molecule has 2 aromatic carbocycles. The molecular formula is C23H27N7O2S. The van der Waals surface area contributed by atoms with Crippen molar-refractivity contribution in [3.8, 4) is 17.5 Å². The molecule has 0 bridgehead atoms. The maximum Gasteiger partial charge on any atom is 0.243 e. The maximum absolute atomic E-state index is 12.8. The molecule has 0 unspecified atom stereocenters. The van der Waals surface area contributed by atoms with Gasteiger partial charge in [0, 0.05) is 31.7 Å². The first kappa shape index (κ1) is 23.0. The molecule has 3 aromatic rings.